The summed E-state index contributed by atoms with van der Waals surface area (Å²) in [6, 6.07) is 10.2. The molecule has 0 radical (unpaired) electrons. The predicted molar refractivity (Wildman–Crippen MR) is 107 cm³/mol. The van der Waals surface area contributed by atoms with Gasteiger partial charge in [-0.1, -0.05) is 30.3 Å². The number of amides is 1. The summed E-state index contributed by atoms with van der Waals surface area (Å²) in [7, 11) is 2.02. The molecule has 1 fully saturated rings. The van der Waals surface area contributed by atoms with Crippen LogP contribution in [0.3, 0.4) is 0 Å². The summed E-state index contributed by atoms with van der Waals surface area (Å²) < 4.78 is 0. The molecule has 0 bridgehead atoms. The van der Waals surface area contributed by atoms with Crippen LogP contribution in [0.1, 0.15) is 44.7 Å². The third-order valence-corrected chi connectivity index (χ3v) is 5.24. The number of hydrogen-bond donors (Lipinski definition) is 1. The zero-order chi connectivity index (χ0) is 17.4. The molecular weight excluding hydrogens is 334 g/mol. The Labute approximate surface area is 159 Å². The van der Waals surface area contributed by atoms with Gasteiger partial charge in [-0.25, -0.2) is 0 Å². The molecule has 0 spiro atoms. The Kier molecular flexibility index (Phi) is 10.1. The second-order valence-corrected chi connectivity index (χ2v) is 6.70. The van der Waals surface area contributed by atoms with Crippen LogP contribution in [0.15, 0.2) is 30.3 Å². The van der Waals surface area contributed by atoms with Gasteiger partial charge in [-0.15, -0.1) is 12.4 Å². The number of benzene rings is 1. The molecule has 1 unspecified atom stereocenters. The van der Waals surface area contributed by atoms with Crippen molar-refractivity contribution in [1.29, 1.82) is 0 Å². The standard InChI is InChI=1S/C20H33N3O.ClH/c1-4-22(5-2)20(24)19(18-9-7-6-8-10-18)23-15-12-17(13-16-23)11-14-21-3;/h6-10,17,19,21H,4-5,11-16H2,1-3H3;1H. The minimum absolute atomic E-state index is 0. The number of hydrogen-bond acceptors (Lipinski definition) is 3. The maximum atomic E-state index is 13.1. The highest BCUT2D eigenvalue weighted by molar-refractivity contribution is 5.85. The van der Waals surface area contributed by atoms with Crippen molar-refractivity contribution >= 4 is 18.3 Å². The lowest BCUT2D eigenvalue weighted by atomic mass is 9.91. The molecule has 1 N–H and O–H groups in total. The van der Waals surface area contributed by atoms with Crippen molar-refractivity contribution in [2.45, 2.75) is 39.2 Å². The van der Waals surface area contributed by atoms with Crippen molar-refractivity contribution in [1.82, 2.24) is 15.1 Å². The topological polar surface area (TPSA) is 35.6 Å². The zero-order valence-electron chi connectivity index (χ0n) is 15.9. The van der Waals surface area contributed by atoms with Gasteiger partial charge in [-0.05, 0) is 71.3 Å². The number of likely N-dealkylation sites (N-methyl/N-ethyl adjacent to an activating group) is 1. The second kappa shape index (κ2) is 11.5. The molecule has 1 aromatic carbocycles. The maximum Gasteiger partial charge on any atom is 0.244 e. The monoisotopic (exact) mass is 367 g/mol. The number of carbonyl (C=O) groups is 1. The van der Waals surface area contributed by atoms with Gasteiger partial charge >= 0.3 is 0 Å². The summed E-state index contributed by atoms with van der Waals surface area (Å²) in [6.07, 6.45) is 3.62. The lowest BCUT2D eigenvalue weighted by molar-refractivity contribution is -0.137. The average Bonchev–Trinajstić information content (AvgIpc) is 2.63. The lowest BCUT2D eigenvalue weighted by Gasteiger charge is -2.39. The number of nitrogens with zero attached hydrogens (tertiary/aromatic N) is 2. The van der Waals surface area contributed by atoms with Crippen LogP contribution in [0, 0.1) is 5.92 Å². The van der Waals surface area contributed by atoms with Crippen LogP contribution in [0.4, 0.5) is 0 Å². The third-order valence-electron chi connectivity index (χ3n) is 5.24. The van der Waals surface area contributed by atoms with Crippen LogP contribution in [-0.4, -0.2) is 55.5 Å². The Morgan fingerprint density at radius 1 is 1.20 bits per heavy atom. The van der Waals surface area contributed by atoms with E-state index < -0.39 is 0 Å². The van der Waals surface area contributed by atoms with E-state index in [0.717, 1.165) is 44.2 Å². The van der Waals surface area contributed by atoms with Crippen molar-refractivity contribution in [3.8, 4) is 0 Å². The van der Waals surface area contributed by atoms with Crippen molar-refractivity contribution in [2.24, 2.45) is 5.92 Å². The molecule has 25 heavy (non-hydrogen) atoms. The van der Waals surface area contributed by atoms with Gasteiger partial charge < -0.3 is 10.2 Å². The van der Waals surface area contributed by atoms with Crippen molar-refractivity contribution in [3.63, 3.8) is 0 Å². The molecule has 2 rings (SSSR count). The molecule has 0 saturated carbocycles. The molecule has 1 aliphatic rings. The van der Waals surface area contributed by atoms with Gasteiger partial charge in [0.15, 0.2) is 0 Å². The number of halogens is 1. The fraction of sp³-hybridized carbons (Fsp3) is 0.650. The minimum Gasteiger partial charge on any atom is -0.342 e. The van der Waals surface area contributed by atoms with E-state index in [-0.39, 0.29) is 24.4 Å². The van der Waals surface area contributed by atoms with Gasteiger partial charge in [0.25, 0.3) is 0 Å². The second-order valence-electron chi connectivity index (χ2n) is 6.70. The van der Waals surface area contributed by atoms with Crippen LogP contribution in [-0.2, 0) is 4.79 Å². The van der Waals surface area contributed by atoms with Crippen LogP contribution in [0.2, 0.25) is 0 Å². The molecule has 1 saturated heterocycles. The molecule has 0 aromatic heterocycles. The number of nitrogens with one attached hydrogen (secondary N) is 1. The van der Waals surface area contributed by atoms with Gasteiger partial charge in [0.2, 0.25) is 5.91 Å². The summed E-state index contributed by atoms with van der Waals surface area (Å²) >= 11 is 0. The normalized spacial score (nSPS) is 16.9. The van der Waals surface area contributed by atoms with Crippen LogP contribution in [0.25, 0.3) is 0 Å². The number of likely N-dealkylation sites (tertiary alicyclic amines) is 1. The predicted octanol–water partition coefficient (Wildman–Crippen LogP) is 3.34. The van der Waals surface area contributed by atoms with Crippen LogP contribution >= 0.6 is 12.4 Å². The van der Waals surface area contributed by atoms with E-state index in [4.69, 9.17) is 0 Å². The Morgan fingerprint density at radius 2 is 1.80 bits per heavy atom. The highest BCUT2D eigenvalue weighted by Crippen LogP contribution is 2.29. The third kappa shape index (κ3) is 5.98. The van der Waals surface area contributed by atoms with Gasteiger partial charge in [-0.3, -0.25) is 9.69 Å². The Hall–Kier alpha value is -1.10. The van der Waals surface area contributed by atoms with Crippen molar-refractivity contribution in [2.75, 3.05) is 39.8 Å². The maximum absolute atomic E-state index is 13.1. The molecule has 0 aliphatic carbocycles. The molecule has 1 atom stereocenters. The van der Waals surface area contributed by atoms with Crippen molar-refractivity contribution < 1.29 is 4.79 Å². The first kappa shape index (κ1) is 21.9. The van der Waals surface area contributed by atoms with E-state index in [2.05, 4.69) is 36.2 Å². The van der Waals surface area contributed by atoms with Crippen molar-refractivity contribution in [3.05, 3.63) is 35.9 Å². The Balaban J connectivity index is 0.00000312. The summed E-state index contributed by atoms with van der Waals surface area (Å²) in [4.78, 5) is 17.5. The van der Waals surface area contributed by atoms with Gasteiger partial charge in [0.1, 0.15) is 6.04 Å². The fourth-order valence-corrected chi connectivity index (χ4v) is 3.70. The summed E-state index contributed by atoms with van der Waals surface area (Å²) in [5.41, 5.74) is 1.13. The number of carbonyl (C=O) groups excluding carboxylic acids is 1. The van der Waals surface area contributed by atoms with E-state index in [1.165, 1.54) is 19.3 Å². The fourth-order valence-electron chi connectivity index (χ4n) is 3.70. The van der Waals surface area contributed by atoms with E-state index >= 15 is 0 Å². The van der Waals surface area contributed by atoms with Crippen LogP contribution in [0.5, 0.6) is 0 Å². The summed E-state index contributed by atoms with van der Waals surface area (Å²) in [5, 5.41) is 3.25. The Bertz CT molecular complexity index is 485. The molecule has 1 aromatic rings. The first-order valence-corrected chi connectivity index (χ1v) is 9.43. The van der Waals surface area contributed by atoms with Gasteiger partial charge in [0.05, 0.1) is 0 Å². The van der Waals surface area contributed by atoms with E-state index in [9.17, 15) is 4.79 Å². The largest absolute Gasteiger partial charge is 0.342 e. The average molecular weight is 368 g/mol. The summed E-state index contributed by atoms with van der Waals surface area (Å²) in [6.45, 7) is 8.79. The molecule has 4 nitrogen and oxygen atoms in total. The van der Waals surface area contributed by atoms with Crippen LogP contribution < -0.4 is 5.32 Å². The molecule has 142 valence electrons. The smallest absolute Gasteiger partial charge is 0.244 e. The first-order valence-electron chi connectivity index (χ1n) is 9.43. The highest BCUT2D eigenvalue weighted by atomic mass is 35.5. The van der Waals surface area contributed by atoms with E-state index in [1.54, 1.807) is 0 Å². The highest BCUT2D eigenvalue weighted by Gasteiger charge is 2.32. The number of piperidine rings is 1. The quantitative estimate of drug-likeness (QED) is 0.765. The van der Waals surface area contributed by atoms with E-state index in [1.807, 2.05) is 30.1 Å². The van der Waals surface area contributed by atoms with Gasteiger partial charge in [0, 0.05) is 13.1 Å². The minimum atomic E-state index is -0.128. The van der Waals surface area contributed by atoms with E-state index in [0.29, 0.717) is 0 Å². The SMILES string of the molecule is CCN(CC)C(=O)C(c1ccccc1)N1CCC(CCNC)CC1.Cl. The molecule has 1 heterocycles. The molecule has 1 aliphatic heterocycles. The Morgan fingerprint density at radius 3 is 2.32 bits per heavy atom. The van der Waals surface area contributed by atoms with Gasteiger partial charge in [-0.2, -0.15) is 0 Å². The molecule has 5 heteroatoms. The molecular formula is C20H34ClN3O. The first-order chi connectivity index (χ1) is 11.7. The lowest BCUT2D eigenvalue weighted by Crippen LogP contribution is -2.46. The zero-order valence-corrected chi connectivity index (χ0v) is 16.7. The summed E-state index contributed by atoms with van der Waals surface area (Å²) in [5.74, 6) is 1.04. The molecule has 1 amide bonds. The number of rotatable bonds is 8.